The summed E-state index contributed by atoms with van der Waals surface area (Å²) in [5.74, 6) is -0.582. The van der Waals surface area contributed by atoms with Crippen LogP contribution in [0.1, 0.15) is 31.7 Å². The highest BCUT2D eigenvalue weighted by Gasteiger charge is 2.30. The van der Waals surface area contributed by atoms with E-state index >= 15 is 0 Å². The second-order valence-corrected chi connectivity index (χ2v) is 4.60. The van der Waals surface area contributed by atoms with Crippen LogP contribution in [0, 0.1) is 0 Å². The fraction of sp³-hybridized carbons (Fsp3) is 0.462. The molecule has 1 aromatic carbocycles. The van der Waals surface area contributed by atoms with Crippen molar-refractivity contribution in [3.05, 3.63) is 29.8 Å². The van der Waals surface area contributed by atoms with Crippen LogP contribution in [-0.2, 0) is 4.79 Å². The normalized spacial score (nSPS) is 18.9. The molecule has 0 aliphatic carbocycles. The molecule has 0 saturated heterocycles. The van der Waals surface area contributed by atoms with Crippen molar-refractivity contribution in [2.75, 3.05) is 11.4 Å². The summed E-state index contributed by atoms with van der Waals surface area (Å²) in [5, 5.41) is 8.91. The van der Waals surface area contributed by atoms with Crippen molar-refractivity contribution in [2.24, 2.45) is 0 Å². The van der Waals surface area contributed by atoms with Crippen LogP contribution in [0.2, 0.25) is 0 Å². The number of nitrogens with zero attached hydrogens (tertiary/aromatic N) is 1. The summed E-state index contributed by atoms with van der Waals surface area (Å²) < 4.78 is 0. The molecule has 2 rings (SSSR count). The van der Waals surface area contributed by atoms with Crippen molar-refractivity contribution in [3.8, 4) is 0 Å². The highest BCUT2D eigenvalue weighted by atomic mass is 16.4. The maximum atomic E-state index is 10.8. The van der Waals surface area contributed by atoms with E-state index in [9.17, 15) is 4.79 Å². The summed E-state index contributed by atoms with van der Waals surface area (Å²) in [6.45, 7) is 5.10. The standard InChI is InChI=1S/C13H17NO2/c1-9(2)14-8-10(7-13(15)16)11-5-3-4-6-12(11)14/h3-6,9-10H,7-8H2,1-2H3,(H,15,16). The number of carbonyl (C=O) groups is 1. The molecule has 0 spiro atoms. The third-order valence-corrected chi connectivity index (χ3v) is 3.15. The van der Waals surface area contributed by atoms with Gasteiger partial charge in [-0.25, -0.2) is 0 Å². The van der Waals surface area contributed by atoms with Crippen LogP contribution in [0.25, 0.3) is 0 Å². The van der Waals surface area contributed by atoms with Gasteiger partial charge in [0.25, 0.3) is 0 Å². The lowest BCUT2D eigenvalue weighted by molar-refractivity contribution is -0.137. The number of rotatable bonds is 3. The average molecular weight is 219 g/mol. The van der Waals surface area contributed by atoms with E-state index in [1.165, 1.54) is 11.3 Å². The Bertz CT molecular complexity index is 401. The Morgan fingerprint density at radius 1 is 1.50 bits per heavy atom. The Hall–Kier alpha value is -1.51. The number of carboxylic acid groups (broad SMARTS) is 1. The molecule has 3 heteroatoms. The molecule has 0 radical (unpaired) electrons. The molecular formula is C13H17NO2. The van der Waals surface area contributed by atoms with Crippen molar-refractivity contribution < 1.29 is 9.90 Å². The first-order valence-corrected chi connectivity index (χ1v) is 5.67. The van der Waals surface area contributed by atoms with Crippen LogP contribution in [0.5, 0.6) is 0 Å². The van der Waals surface area contributed by atoms with E-state index in [-0.39, 0.29) is 12.3 Å². The van der Waals surface area contributed by atoms with Crippen LogP contribution in [-0.4, -0.2) is 23.7 Å². The van der Waals surface area contributed by atoms with Gasteiger partial charge in [0, 0.05) is 24.2 Å². The van der Waals surface area contributed by atoms with Gasteiger partial charge in [-0.3, -0.25) is 4.79 Å². The molecule has 1 atom stereocenters. The molecule has 1 aliphatic rings. The van der Waals surface area contributed by atoms with Crippen LogP contribution in [0.3, 0.4) is 0 Å². The summed E-state index contributed by atoms with van der Waals surface area (Å²) in [6, 6.07) is 8.54. The van der Waals surface area contributed by atoms with Gasteiger partial charge < -0.3 is 10.0 Å². The van der Waals surface area contributed by atoms with Crippen LogP contribution >= 0.6 is 0 Å². The third kappa shape index (κ3) is 1.90. The number of anilines is 1. The lowest BCUT2D eigenvalue weighted by Gasteiger charge is -2.24. The highest BCUT2D eigenvalue weighted by Crippen LogP contribution is 2.38. The second kappa shape index (κ2) is 4.16. The maximum Gasteiger partial charge on any atom is 0.304 e. The molecule has 0 fully saturated rings. The molecule has 1 unspecified atom stereocenters. The fourth-order valence-corrected chi connectivity index (χ4v) is 2.40. The van der Waals surface area contributed by atoms with E-state index < -0.39 is 5.97 Å². The first kappa shape index (κ1) is 11.0. The molecule has 0 aromatic heterocycles. The molecule has 3 nitrogen and oxygen atoms in total. The Kier molecular flexibility index (Phi) is 2.86. The van der Waals surface area contributed by atoms with E-state index in [2.05, 4.69) is 24.8 Å². The fourth-order valence-electron chi connectivity index (χ4n) is 2.40. The van der Waals surface area contributed by atoms with E-state index in [1.54, 1.807) is 0 Å². The van der Waals surface area contributed by atoms with E-state index in [4.69, 9.17) is 5.11 Å². The Balaban J connectivity index is 2.31. The van der Waals surface area contributed by atoms with Gasteiger partial charge in [-0.2, -0.15) is 0 Å². The number of para-hydroxylation sites is 1. The predicted molar refractivity (Wildman–Crippen MR) is 63.9 cm³/mol. The molecule has 1 aromatic rings. The number of benzene rings is 1. The Labute approximate surface area is 95.7 Å². The lowest BCUT2D eigenvalue weighted by atomic mass is 9.98. The molecule has 16 heavy (non-hydrogen) atoms. The van der Waals surface area contributed by atoms with Gasteiger partial charge in [-0.15, -0.1) is 0 Å². The summed E-state index contributed by atoms with van der Waals surface area (Å²) >= 11 is 0. The molecule has 86 valence electrons. The van der Waals surface area contributed by atoms with Gasteiger partial charge in [0.2, 0.25) is 0 Å². The molecule has 1 heterocycles. The zero-order chi connectivity index (χ0) is 11.7. The number of fused-ring (bicyclic) bond motifs is 1. The van der Waals surface area contributed by atoms with Crippen molar-refractivity contribution in [3.63, 3.8) is 0 Å². The molecular weight excluding hydrogens is 202 g/mol. The minimum absolute atomic E-state index is 0.135. The van der Waals surface area contributed by atoms with Gasteiger partial charge in [-0.05, 0) is 25.5 Å². The number of hydrogen-bond donors (Lipinski definition) is 1. The number of hydrogen-bond acceptors (Lipinski definition) is 2. The first-order chi connectivity index (χ1) is 7.59. The van der Waals surface area contributed by atoms with Crippen LogP contribution in [0.15, 0.2) is 24.3 Å². The largest absolute Gasteiger partial charge is 0.481 e. The summed E-state index contributed by atoms with van der Waals surface area (Å²) in [4.78, 5) is 13.1. The van der Waals surface area contributed by atoms with Gasteiger partial charge in [0.05, 0.1) is 6.42 Å². The van der Waals surface area contributed by atoms with Gasteiger partial charge in [0.1, 0.15) is 0 Å². The van der Waals surface area contributed by atoms with E-state index in [0.29, 0.717) is 6.04 Å². The van der Waals surface area contributed by atoms with Gasteiger partial charge in [-0.1, -0.05) is 18.2 Å². The number of aliphatic carboxylic acids is 1. The predicted octanol–water partition coefficient (Wildman–Crippen LogP) is 2.47. The maximum absolute atomic E-state index is 10.8. The van der Waals surface area contributed by atoms with Crippen molar-refractivity contribution in [2.45, 2.75) is 32.2 Å². The quantitative estimate of drug-likeness (QED) is 0.849. The van der Waals surface area contributed by atoms with Gasteiger partial charge in [0.15, 0.2) is 0 Å². The summed E-state index contributed by atoms with van der Waals surface area (Å²) in [7, 11) is 0. The van der Waals surface area contributed by atoms with Crippen molar-refractivity contribution >= 4 is 11.7 Å². The Morgan fingerprint density at radius 3 is 2.81 bits per heavy atom. The molecule has 0 saturated carbocycles. The molecule has 0 bridgehead atoms. The van der Waals surface area contributed by atoms with Crippen LogP contribution < -0.4 is 4.90 Å². The van der Waals surface area contributed by atoms with Crippen molar-refractivity contribution in [1.29, 1.82) is 0 Å². The minimum Gasteiger partial charge on any atom is -0.481 e. The Morgan fingerprint density at radius 2 is 2.19 bits per heavy atom. The zero-order valence-corrected chi connectivity index (χ0v) is 9.68. The van der Waals surface area contributed by atoms with Crippen molar-refractivity contribution in [1.82, 2.24) is 0 Å². The van der Waals surface area contributed by atoms with Gasteiger partial charge >= 0.3 is 5.97 Å². The summed E-state index contributed by atoms with van der Waals surface area (Å²) in [6.07, 6.45) is 0.222. The lowest BCUT2D eigenvalue weighted by Crippen LogP contribution is -2.29. The zero-order valence-electron chi connectivity index (χ0n) is 9.68. The monoisotopic (exact) mass is 219 g/mol. The highest BCUT2D eigenvalue weighted by molar-refractivity contribution is 5.71. The number of carboxylic acids is 1. The first-order valence-electron chi connectivity index (χ1n) is 5.67. The van der Waals surface area contributed by atoms with Crippen LogP contribution in [0.4, 0.5) is 5.69 Å². The molecule has 1 N–H and O–H groups in total. The smallest absolute Gasteiger partial charge is 0.304 e. The topological polar surface area (TPSA) is 40.5 Å². The van der Waals surface area contributed by atoms with E-state index in [0.717, 1.165) is 6.54 Å². The second-order valence-electron chi connectivity index (χ2n) is 4.60. The average Bonchev–Trinajstić information content (AvgIpc) is 2.57. The SMILES string of the molecule is CC(C)N1CC(CC(=O)O)c2ccccc21. The minimum atomic E-state index is -0.717. The third-order valence-electron chi connectivity index (χ3n) is 3.15. The molecule has 1 aliphatic heterocycles. The van der Waals surface area contributed by atoms with E-state index in [1.807, 2.05) is 18.2 Å². The molecule has 0 amide bonds. The summed E-state index contributed by atoms with van der Waals surface area (Å²) in [5.41, 5.74) is 2.38.